The number of rotatable bonds is 5. The highest BCUT2D eigenvalue weighted by molar-refractivity contribution is 6.35. The number of hydrogen-bond donors (Lipinski definition) is 1. The van der Waals surface area contributed by atoms with Crippen molar-refractivity contribution in [2.75, 3.05) is 11.4 Å². The molecule has 130 valence electrons. The molecule has 5 nitrogen and oxygen atoms in total. The van der Waals surface area contributed by atoms with Gasteiger partial charge in [0.2, 0.25) is 5.91 Å². The number of carboxylic acids is 1. The maximum Gasteiger partial charge on any atom is 0.308 e. The molecule has 7 heteroatoms. The van der Waals surface area contributed by atoms with Gasteiger partial charge in [0.25, 0.3) is 0 Å². The van der Waals surface area contributed by atoms with Crippen molar-refractivity contribution in [2.24, 2.45) is 5.92 Å². The quantitative estimate of drug-likeness (QED) is 0.851. The Kier molecular flexibility index (Phi) is 5.16. The second-order valence-electron chi connectivity index (χ2n) is 5.76. The molecule has 1 N–H and O–H groups in total. The zero-order valence-electron chi connectivity index (χ0n) is 13.1. The van der Waals surface area contributed by atoms with Gasteiger partial charge >= 0.3 is 5.97 Å². The van der Waals surface area contributed by atoms with Gasteiger partial charge in [0.05, 0.1) is 5.92 Å². The molecule has 0 spiro atoms. The van der Waals surface area contributed by atoms with E-state index in [2.05, 4.69) is 0 Å². The molecule has 0 aromatic heterocycles. The first kappa shape index (κ1) is 17.6. The predicted molar refractivity (Wildman–Crippen MR) is 95.3 cm³/mol. The normalized spacial score (nSPS) is 17.0. The smallest absolute Gasteiger partial charge is 0.308 e. The van der Waals surface area contributed by atoms with Gasteiger partial charge in [-0.3, -0.25) is 9.59 Å². The van der Waals surface area contributed by atoms with E-state index in [-0.39, 0.29) is 18.9 Å². The molecule has 1 atom stereocenters. The lowest BCUT2D eigenvalue weighted by Gasteiger charge is -2.16. The Bertz CT molecular complexity index is 807. The van der Waals surface area contributed by atoms with Crippen LogP contribution in [0.3, 0.4) is 0 Å². The van der Waals surface area contributed by atoms with E-state index in [9.17, 15) is 9.59 Å². The third-order valence-corrected chi connectivity index (χ3v) is 4.62. The first-order valence-electron chi connectivity index (χ1n) is 7.64. The number of carboxylic acid groups (broad SMARTS) is 1. The molecular formula is C18H15Cl2NO4. The van der Waals surface area contributed by atoms with Crippen molar-refractivity contribution < 1.29 is 19.4 Å². The summed E-state index contributed by atoms with van der Waals surface area (Å²) in [5.74, 6) is -1.17. The predicted octanol–water partition coefficient (Wildman–Crippen LogP) is 4.01. The van der Waals surface area contributed by atoms with Crippen LogP contribution >= 0.6 is 23.2 Å². The van der Waals surface area contributed by atoms with Gasteiger partial charge in [-0.25, -0.2) is 0 Å². The summed E-state index contributed by atoms with van der Waals surface area (Å²) in [5, 5.41) is 10.1. The number of aliphatic carboxylic acids is 1. The molecule has 0 saturated carbocycles. The number of carbonyl (C=O) groups excluding carboxylic acids is 1. The highest BCUT2D eigenvalue weighted by Gasteiger charge is 2.34. The summed E-state index contributed by atoms with van der Waals surface area (Å²) in [7, 11) is 0. The van der Waals surface area contributed by atoms with Crippen LogP contribution in [-0.4, -0.2) is 23.5 Å². The van der Waals surface area contributed by atoms with Gasteiger partial charge in [0.15, 0.2) is 0 Å². The van der Waals surface area contributed by atoms with E-state index < -0.39 is 11.9 Å². The summed E-state index contributed by atoms with van der Waals surface area (Å²) in [4.78, 5) is 24.5. The summed E-state index contributed by atoms with van der Waals surface area (Å²) >= 11 is 12.0. The lowest BCUT2D eigenvalue weighted by molar-refractivity contribution is -0.141. The van der Waals surface area contributed by atoms with E-state index in [1.54, 1.807) is 42.5 Å². The van der Waals surface area contributed by atoms with Crippen molar-refractivity contribution in [3.8, 4) is 5.75 Å². The number of carbonyl (C=O) groups is 2. The summed E-state index contributed by atoms with van der Waals surface area (Å²) in [6.45, 7) is 0.480. The molecule has 3 rings (SSSR count). The molecule has 0 bridgehead atoms. The molecule has 0 radical (unpaired) electrons. The van der Waals surface area contributed by atoms with Crippen LogP contribution < -0.4 is 9.64 Å². The van der Waals surface area contributed by atoms with Gasteiger partial charge in [0.1, 0.15) is 12.4 Å². The molecule has 1 saturated heterocycles. The molecule has 1 aliphatic rings. The maximum absolute atomic E-state index is 12.0. The van der Waals surface area contributed by atoms with Crippen molar-refractivity contribution in [3.63, 3.8) is 0 Å². The summed E-state index contributed by atoms with van der Waals surface area (Å²) in [5.41, 5.74) is 1.47. The van der Waals surface area contributed by atoms with Crippen LogP contribution in [0, 0.1) is 5.92 Å². The molecule has 1 amide bonds. The largest absolute Gasteiger partial charge is 0.489 e. The van der Waals surface area contributed by atoms with E-state index >= 15 is 0 Å². The average Bonchev–Trinajstić information content (AvgIpc) is 2.97. The van der Waals surface area contributed by atoms with Crippen LogP contribution in [0.2, 0.25) is 10.0 Å². The van der Waals surface area contributed by atoms with Crippen molar-refractivity contribution in [1.29, 1.82) is 0 Å². The molecule has 1 fully saturated rings. The summed E-state index contributed by atoms with van der Waals surface area (Å²) in [6, 6.07) is 12.1. The fourth-order valence-corrected chi connectivity index (χ4v) is 3.11. The van der Waals surface area contributed by atoms with E-state index in [0.29, 0.717) is 28.1 Å². The highest BCUT2D eigenvalue weighted by atomic mass is 35.5. The molecule has 1 aliphatic heterocycles. The molecule has 2 aromatic carbocycles. The zero-order valence-corrected chi connectivity index (χ0v) is 14.6. The second kappa shape index (κ2) is 7.33. The minimum Gasteiger partial charge on any atom is -0.489 e. The van der Waals surface area contributed by atoms with Gasteiger partial charge < -0.3 is 14.7 Å². The maximum atomic E-state index is 12.0. The Balaban J connectivity index is 1.64. The third kappa shape index (κ3) is 4.06. The minimum atomic E-state index is -0.948. The van der Waals surface area contributed by atoms with Crippen LogP contribution in [0.25, 0.3) is 0 Å². The van der Waals surface area contributed by atoms with Crippen LogP contribution in [-0.2, 0) is 16.2 Å². The number of halogens is 2. The number of amides is 1. The number of anilines is 1. The van der Waals surface area contributed by atoms with Gasteiger partial charge in [-0.15, -0.1) is 0 Å². The van der Waals surface area contributed by atoms with Gasteiger partial charge in [-0.1, -0.05) is 29.3 Å². The molecule has 2 aromatic rings. The SMILES string of the molecule is O=C(O)[C@H]1CC(=O)N(c2ccc(OCc3ccc(Cl)cc3Cl)cc2)C1. The molecule has 1 heterocycles. The molecule has 25 heavy (non-hydrogen) atoms. The van der Waals surface area contributed by atoms with E-state index in [0.717, 1.165) is 5.56 Å². The fraction of sp³-hybridized carbons (Fsp3) is 0.222. The number of nitrogens with zero attached hydrogens (tertiary/aromatic N) is 1. The van der Waals surface area contributed by atoms with Crippen molar-refractivity contribution in [3.05, 3.63) is 58.1 Å². The van der Waals surface area contributed by atoms with Gasteiger partial charge in [-0.05, 0) is 36.4 Å². The highest BCUT2D eigenvalue weighted by Crippen LogP contribution is 2.28. The first-order valence-corrected chi connectivity index (χ1v) is 8.39. The Morgan fingerprint density at radius 2 is 1.92 bits per heavy atom. The average molecular weight is 380 g/mol. The van der Waals surface area contributed by atoms with Gasteiger partial charge in [0, 0.05) is 34.3 Å². The van der Waals surface area contributed by atoms with E-state index in [1.165, 1.54) is 4.90 Å². The lowest BCUT2D eigenvalue weighted by atomic mass is 10.1. The molecule has 0 aliphatic carbocycles. The summed E-state index contributed by atoms with van der Waals surface area (Å²) in [6.07, 6.45) is 0.0304. The van der Waals surface area contributed by atoms with Gasteiger partial charge in [-0.2, -0.15) is 0 Å². The number of ether oxygens (including phenoxy) is 1. The fourth-order valence-electron chi connectivity index (χ4n) is 2.64. The minimum absolute atomic E-state index is 0.0304. The number of hydrogen-bond acceptors (Lipinski definition) is 3. The Hall–Kier alpha value is -2.24. The van der Waals surface area contributed by atoms with Crippen LogP contribution in [0.4, 0.5) is 5.69 Å². The zero-order chi connectivity index (χ0) is 18.0. The standard InChI is InChI=1S/C18H15Cl2NO4/c19-13-2-1-11(16(20)8-13)10-25-15-5-3-14(4-6-15)21-9-12(18(23)24)7-17(21)22/h1-6,8,12H,7,9-10H2,(H,23,24)/t12-/m0/s1. The second-order valence-corrected chi connectivity index (χ2v) is 6.61. The van der Waals surface area contributed by atoms with Crippen molar-refractivity contribution in [2.45, 2.75) is 13.0 Å². The molecular weight excluding hydrogens is 365 g/mol. The third-order valence-electron chi connectivity index (χ3n) is 4.03. The topological polar surface area (TPSA) is 66.8 Å². The Labute approximate surface area is 154 Å². The Morgan fingerprint density at radius 3 is 2.52 bits per heavy atom. The lowest BCUT2D eigenvalue weighted by Crippen LogP contribution is -2.25. The Morgan fingerprint density at radius 1 is 1.20 bits per heavy atom. The first-order chi connectivity index (χ1) is 11.9. The van der Waals surface area contributed by atoms with Crippen molar-refractivity contribution in [1.82, 2.24) is 0 Å². The van der Waals surface area contributed by atoms with Crippen LogP contribution in [0.15, 0.2) is 42.5 Å². The van der Waals surface area contributed by atoms with Crippen LogP contribution in [0.1, 0.15) is 12.0 Å². The van der Waals surface area contributed by atoms with E-state index in [1.807, 2.05) is 0 Å². The number of benzene rings is 2. The summed E-state index contributed by atoms with van der Waals surface area (Å²) < 4.78 is 5.69. The van der Waals surface area contributed by atoms with Crippen LogP contribution in [0.5, 0.6) is 5.75 Å². The monoisotopic (exact) mass is 379 g/mol. The van der Waals surface area contributed by atoms with E-state index in [4.69, 9.17) is 33.0 Å². The molecule has 0 unspecified atom stereocenters. The van der Waals surface area contributed by atoms with Crippen molar-refractivity contribution >= 4 is 40.8 Å².